The molecule has 0 aliphatic rings. The Morgan fingerprint density at radius 1 is 0.304 bits per heavy atom. The van der Waals surface area contributed by atoms with Crippen molar-refractivity contribution >= 4 is 43.7 Å². The lowest BCUT2D eigenvalue weighted by molar-refractivity contribution is 0.669. The molecule has 5 heteroatoms. The molecule has 0 unspecified atom stereocenters. The third kappa shape index (κ3) is 5.45. The smallest absolute Gasteiger partial charge is 0.164 e. The van der Waals surface area contributed by atoms with E-state index in [1.807, 2.05) is 72.8 Å². The van der Waals surface area contributed by atoms with Crippen molar-refractivity contribution in [2.75, 3.05) is 0 Å². The van der Waals surface area contributed by atoms with Crippen LogP contribution in [-0.2, 0) is 0 Å². The number of furan rings is 1. The summed E-state index contributed by atoms with van der Waals surface area (Å²) in [7, 11) is 0. The Hall–Kier alpha value is -7.63. The van der Waals surface area contributed by atoms with Crippen LogP contribution < -0.4 is 0 Å². The fourth-order valence-electron chi connectivity index (χ4n) is 7.94. The number of aromatic nitrogens is 4. The first kappa shape index (κ1) is 31.9. The van der Waals surface area contributed by atoms with Crippen molar-refractivity contribution in [1.29, 1.82) is 0 Å². The number of nitrogens with zero attached hydrogens (tertiary/aromatic N) is 4. The van der Waals surface area contributed by atoms with Crippen LogP contribution in [0.1, 0.15) is 0 Å². The summed E-state index contributed by atoms with van der Waals surface area (Å²) in [5.41, 5.74) is 12.5. The number of rotatable bonds is 6. The van der Waals surface area contributed by atoms with Crippen molar-refractivity contribution in [3.05, 3.63) is 194 Å². The van der Waals surface area contributed by atoms with Crippen molar-refractivity contribution in [2.45, 2.75) is 0 Å². The summed E-state index contributed by atoms with van der Waals surface area (Å²) in [5, 5.41) is 4.66. The van der Waals surface area contributed by atoms with Gasteiger partial charge in [0, 0.05) is 43.9 Å². The van der Waals surface area contributed by atoms with E-state index in [2.05, 4.69) is 126 Å². The zero-order valence-electron chi connectivity index (χ0n) is 30.2. The van der Waals surface area contributed by atoms with Gasteiger partial charge in [0.25, 0.3) is 0 Å². The monoisotopic (exact) mass is 716 g/mol. The second kappa shape index (κ2) is 13.0. The van der Waals surface area contributed by atoms with Crippen LogP contribution in [0.15, 0.2) is 199 Å². The molecule has 3 heterocycles. The maximum Gasteiger partial charge on any atom is 0.164 e. The average molecular weight is 717 g/mol. The van der Waals surface area contributed by atoms with Gasteiger partial charge in [0.2, 0.25) is 0 Å². The van der Waals surface area contributed by atoms with E-state index in [-0.39, 0.29) is 0 Å². The van der Waals surface area contributed by atoms with Crippen LogP contribution in [0.5, 0.6) is 0 Å². The van der Waals surface area contributed by atoms with E-state index in [1.54, 1.807) is 0 Å². The van der Waals surface area contributed by atoms with E-state index in [0.29, 0.717) is 17.5 Å². The molecule has 3 aromatic heterocycles. The normalized spacial score (nSPS) is 11.6. The Bertz CT molecular complexity index is 3200. The van der Waals surface area contributed by atoms with Gasteiger partial charge in [0.05, 0.1) is 11.0 Å². The second-order valence-electron chi connectivity index (χ2n) is 14.1. The van der Waals surface area contributed by atoms with Crippen molar-refractivity contribution in [1.82, 2.24) is 19.5 Å². The lowest BCUT2D eigenvalue weighted by Gasteiger charge is -2.11. The number of hydrogen-bond donors (Lipinski definition) is 0. The van der Waals surface area contributed by atoms with Gasteiger partial charge < -0.3 is 8.98 Å². The molecule has 0 aliphatic heterocycles. The predicted octanol–water partition coefficient (Wildman–Crippen LogP) is 13.2. The molecule has 0 N–H and O–H groups in total. The summed E-state index contributed by atoms with van der Waals surface area (Å²) in [6.45, 7) is 0. The SMILES string of the molecule is c1ccc(-c2nc(-c3ccccc3)nc(-c3cccc(-c4ccc5c(c4)c4ccccc4n5-c4cccc(-c5ccc6c(c5)oc5ccccc56)c4)c3)n2)cc1. The van der Waals surface area contributed by atoms with Crippen LogP contribution in [0, 0.1) is 0 Å². The molecule has 8 aromatic carbocycles. The fourth-order valence-corrected chi connectivity index (χ4v) is 7.94. The van der Waals surface area contributed by atoms with E-state index in [9.17, 15) is 0 Å². The van der Waals surface area contributed by atoms with Crippen LogP contribution >= 0.6 is 0 Å². The molecule has 0 amide bonds. The zero-order valence-corrected chi connectivity index (χ0v) is 30.2. The molecule has 5 nitrogen and oxygen atoms in total. The van der Waals surface area contributed by atoms with Gasteiger partial charge in [-0.05, 0) is 76.9 Å². The minimum absolute atomic E-state index is 0.636. The zero-order chi connectivity index (χ0) is 37.0. The minimum Gasteiger partial charge on any atom is -0.456 e. The fraction of sp³-hybridized carbons (Fsp3) is 0. The van der Waals surface area contributed by atoms with E-state index in [1.165, 1.54) is 10.8 Å². The first-order valence-electron chi connectivity index (χ1n) is 18.8. The van der Waals surface area contributed by atoms with Gasteiger partial charge in [-0.1, -0.05) is 140 Å². The summed E-state index contributed by atoms with van der Waals surface area (Å²) in [6.07, 6.45) is 0. The summed E-state index contributed by atoms with van der Waals surface area (Å²) >= 11 is 0. The summed E-state index contributed by atoms with van der Waals surface area (Å²) in [5.74, 6) is 1.93. The topological polar surface area (TPSA) is 56.7 Å². The molecule has 262 valence electrons. The highest BCUT2D eigenvalue weighted by atomic mass is 16.3. The van der Waals surface area contributed by atoms with Gasteiger partial charge in [-0.3, -0.25) is 0 Å². The molecule has 0 saturated carbocycles. The van der Waals surface area contributed by atoms with Gasteiger partial charge in [0.1, 0.15) is 11.2 Å². The highest BCUT2D eigenvalue weighted by molar-refractivity contribution is 6.11. The van der Waals surface area contributed by atoms with Gasteiger partial charge in [-0.15, -0.1) is 0 Å². The molecule has 0 fully saturated rings. The maximum absolute atomic E-state index is 6.24. The summed E-state index contributed by atoms with van der Waals surface area (Å²) in [6, 6.07) is 67.6. The van der Waals surface area contributed by atoms with E-state index in [0.717, 1.165) is 77.6 Å². The average Bonchev–Trinajstić information content (AvgIpc) is 3.82. The quantitative estimate of drug-likeness (QED) is 0.172. The second-order valence-corrected chi connectivity index (χ2v) is 14.1. The van der Waals surface area contributed by atoms with E-state index in [4.69, 9.17) is 19.4 Å². The lowest BCUT2D eigenvalue weighted by atomic mass is 10.0. The van der Waals surface area contributed by atoms with Gasteiger partial charge in [0.15, 0.2) is 17.5 Å². The Balaban J connectivity index is 1.00. The molecule has 56 heavy (non-hydrogen) atoms. The highest BCUT2D eigenvalue weighted by Crippen LogP contribution is 2.38. The molecule has 0 aliphatic carbocycles. The third-order valence-electron chi connectivity index (χ3n) is 10.6. The molecule has 0 saturated heterocycles. The van der Waals surface area contributed by atoms with Crippen LogP contribution in [0.3, 0.4) is 0 Å². The van der Waals surface area contributed by atoms with E-state index >= 15 is 0 Å². The minimum atomic E-state index is 0.636. The standard InChI is InChI=1S/C51H32N4O/c1-3-13-33(14-4-1)49-52-50(34-15-5-2-6-16-34)54-51(53-49)39-19-11-17-35(29-39)37-26-28-46-44(31-37)41-21-7-9-23-45(41)55(46)40-20-12-18-36(30-40)38-25-27-43-42-22-8-10-24-47(42)56-48(43)32-38/h1-32H. The van der Waals surface area contributed by atoms with Gasteiger partial charge >= 0.3 is 0 Å². The van der Waals surface area contributed by atoms with Crippen molar-refractivity contribution in [3.63, 3.8) is 0 Å². The first-order chi connectivity index (χ1) is 27.7. The number of para-hydroxylation sites is 2. The molecule has 0 bridgehead atoms. The van der Waals surface area contributed by atoms with Crippen molar-refractivity contribution in [3.8, 4) is 62.1 Å². The van der Waals surface area contributed by atoms with Gasteiger partial charge in [-0.2, -0.15) is 0 Å². The Morgan fingerprint density at radius 3 is 1.59 bits per heavy atom. The molecule has 0 atom stereocenters. The molecule has 11 rings (SSSR count). The molecule has 0 radical (unpaired) electrons. The van der Waals surface area contributed by atoms with Crippen molar-refractivity contribution in [2.24, 2.45) is 0 Å². The van der Waals surface area contributed by atoms with Crippen LogP contribution in [0.2, 0.25) is 0 Å². The summed E-state index contributed by atoms with van der Waals surface area (Å²) in [4.78, 5) is 14.9. The largest absolute Gasteiger partial charge is 0.456 e. The van der Waals surface area contributed by atoms with Gasteiger partial charge in [-0.25, -0.2) is 15.0 Å². The molecule has 11 aromatic rings. The van der Waals surface area contributed by atoms with E-state index < -0.39 is 0 Å². The molecule has 0 spiro atoms. The summed E-state index contributed by atoms with van der Waals surface area (Å²) < 4.78 is 8.61. The number of benzene rings is 8. The van der Waals surface area contributed by atoms with Crippen LogP contribution in [-0.4, -0.2) is 19.5 Å². The van der Waals surface area contributed by atoms with Crippen LogP contribution in [0.25, 0.3) is 106 Å². The third-order valence-corrected chi connectivity index (χ3v) is 10.6. The van der Waals surface area contributed by atoms with Crippen molar-refractivity contribution < 1.29 is 4.42 Å². The number of hydrogen-bond acceptors (Lipinski definition) is 4. The Morgan fingerprint density at radius 2 is 0.821 bits per heavy atom. The van der Waals surface area contributed by atoms with Crippen LogP contribution in [0.4, 0.5) is 0 Å². The highest BCUT2D eigenvalue weighted by Gasteiger charge is 2.16. The molecular weight excluding hydrogens is 685 g/mol. The maximum atomic E-state index is 6.24. The Labute approximate surface area is 322 Å². The first-order valence-corrected chi connectivity index (χ1v) is 18.8. The number of fused-ring (bicyclic) bond motifs is 6. The Kier molecular flexibility index (Phi) is 7.42. The molecular formula is C51H32N4O. The predicted molar refractivity (Wildman–Crippen MR) is 229 cm³/mol. The lowest BCUT2D eigenvalue weighted by Crippen LogP contribution is -2.00.